The second-order valence-electron chi connectivity index (χ2n) is 5.46. The van der Waals surface area contributed by atoms with Gasteiger partial charge in [0.1, 0.15) is 10.9 Å². The van der Waals surface area contributed by atoms with Crippen molar-refractivity contribution in [2.45, 2.75) is 29.8 Å². The van der Waals surface area contributed by atoms with E-state index in [1.54, 1.807) is 0 Å². The molecule has 1 amide bonds. The Bertz CT molecular complexity index is 779. The zero-order valence-electron chi connectivity index (χ0n) is 12.3. The Morgan fingerprint density at radius 1 is 1.39 bits per heavy atom. The molecule has 2 aliphatic heterocycles. The summed E-state index contributed by atoms with van der Waals surface area (Å²) in [5.41, 5.74) is 0.0873. The lowest BCUT2D eigenvalue weighted by atomic mass is 10.2. The van der Waals surface area contributed by atoms with E-state index in [4.69, 9.17) is 11.6 Å². The number of carbonyl (C=O) groups is 2. The third-order valence-corrected chi connectivity index (χ3v) is 6.61. The second-order valence-corrected chi connectivity index (χ2v) is 7.68. The van der Waals surface area contributed by atoms with Crippen LogP contribution < -0.4 is 5.32 Å². The SMILES string of the molecule is COC(=O)c1ccc(Cl)c(S(=O)(=O)N2C3CCC2C(=O)NC3)c1. The highest BCUT2D eigenvalue weighted by molar-refractivity contribution is 7.89. The van der Waals surface area contributed by atoms with E-state index in [1.165, 1.54) is 29.6 Å². The van der Waals surface area contributed by atoms with Gasteiger partial charge in [0, 0.05) is 12.6 Å². The zero-order valence-corrected chi connectivity index (χ0v) is 13.9. The molecular weight excluding hydrogens is 344 g/mol. The number of ether oxygens (including phenoxy) is 1. The fourth-order valence-electron chi connectivity index (χ4n) is 3.06. The Morgan fingerprint density at radius 3 is 2.83 bits per heavy atom. The van der Waals surface area contributed by atoms with E-state index in [9.17, 15) is 18.0 Å². The first-order chi connectivity index (χ1) is 10.9. The number of fused-ring (bicyclic) bond motifs is 2. The molecule has 124 valence electrons. The molecule has 2 bridgehead atoms. The molecule has 9 heteroatoms. The number of benzene rings is 1. The van der Waals surface area contributed by atoms with Crippen molar-refractivity contribution < 1.29 is 22.7 Å². The van der Waals surface area contributed by atoms with Crippen LogP contribution in [0.3, 0.4) is 0 Å². The summed E-state index contributed by atoms with van der Waals surface area (Å²) in [5, 5.41) is 2.70. The molecule has 1 aromatic carbocycles. The van der Waals surface area contributed by atoms with Gasteiger partial charge in [-0.1, -0.05) is 11.6 Å². The van der Waals surface area contributed by atoms with Gasteiger partial charge in [-0.2, -0.15) is 4.31 Å². The average Bonchev–Trinajstić information content (AvgIpc) is 2.88. The summed E-state index contributed by atoms with van der Waals surface area (Å²) < 4.78 is 31.8. The number of piperazine rings is 1. The van der Waals surface area contributed by atoms with Crippen LogP contribution in [0.15, 0.2) is 23.1 Å². The molecule has 2 heterocycles. The number of sulfonamides is 1. The van der Waals surface area contributed by atoms with E-state index in [2.05, 4.69) is 10.1 Å². The second kappa shape index (κ2) is 5.77. The molecule has 0 aromatic heterocycles. The molecule has 1 N–H and O–H groups in total. The third-order valence-electron chi connectivity index (χ3n) is 4.16. The molecule has 0 aliphatic carbocycles. The van der Waals surface area contributed by atoms with Gasteiger partial charge in [0.25, 0.3) is 0 Å². The van der Waals surface area contributed by atoms with Gasteiger partial charge in [-0.3, -0.25) is 4.79 Å². The summed E-state index contributed by atoms with van der Waals surface area (Å²) in [6.07, 6.45) is 1.08. The number of hydrogen-bond donors (Lipinski definition) is 1. The summed E-state index contributed by atoms with van der Waals surface area (Å²) in [5.74, 6) is -0.958. The molecule has 0 radical (unpaired) electrons. The Kier molecular flexibility index (Phi) is 4.07. The molecule has 2 fully saturated rings. The minimum absolute atomic E-state index is 0.00281. The fourth-order valence-corrected chi connectivity index (χ4v) is 5.39. The van der Waals surface area contributed by atoms with E-state index in [1.807, 2.05) is 0 Å². The van der Waals surface area contributed by atoms with Crippen LogP contribution >= 0.6 is 11.6 Å². The molecule has 2 unspecified atom stereocenters. The van der Waals surface area contributed by atoms with Crippen molar-refractivity contribution in [1.29, 1.82) is 0 Å². The van der Waals surface area contributed by atoms with Gasteiger partial charge in [0.2, 0.25) is 15.9 Å². The third kappa shape index (κ3) is 2.60. The lowest BCUT2D eigenvalue weighted by Gasteiger charge is -2.33. The Morgan fingerprint density at radius 2 is 2.13 bits per heavy atom. The maximum Gasteiger partial charge on any atom is 0.337 e. The van der Waals surface area contributed by atoms with Crippen LogP contribution in [0, 0.1) is 0 Å². The summed E-state index contributed by atoms with van der Waals surface area (Å²) in [7, 11) is -2.78. The van der Waals surface area contributed by atoms with Crippen LogP contribution in [-0.4, -0.2) is 50.3 Å². The summed E-state index contributed by atoms with van der Waals surface area (Å²) in [4.78, 5) is 23.4. The van der Waals surface area contributed by atoms with Gasteiger partial charge in [-0.05, 0) is 31.0 Å². The van der Waals surface area contributed by atoms with Gasteiger partial charge in [0.15, 0.2) is 0 Å². The van der Waals surface area contributed by atoms with Crippen molar-refractivity contribution in [2.75, 3.05) is 13.7 Å². The molecule has 0 saturated carbocycles. The molecule has 2 saturated heterocycles. The van der Waals surface area contributed by atoms with Crippen molar-refractivity contribution >= 4 is 33.5 Å². The van der Waals surface area contributed by atoms with E-state index >= 15 is 0 Å². The fraction of sp³-hybridized carbons (Fsp3) is 0.429. The average molecular weight is 359 g/mol. The molecular formula is C14H15ClN2O5S. The van der Waals surface area contributed by atoms with Gasteiger partial charge >= 0.3 is 5.97 Å². The molecule has 23 heavy (non-hydrogen) atoms. The van der Waals surface area contributed by atoms with Crippen LogP contribution in [-0.2, 0) is 19.6 Å². The molecule has 1 aromatic rings. The number of amides is 1. The predicted octanol–water partition coefficient (Wildman–Crippen LogP) is 0.778. The molecule has 2 atom stereocenters. The number of halogens is 1. The molecule has 2 aliphatic rings. The van der Waals surface area contributed by atoms with E-state index in [-0.39, 0.29) is 34.0 Å². The minimum atomic E-state index is -3.99. The van der Waals surface area contributed by atoms with Gasteiger partial charge in [0.05, 0.1) is 17.7 Å². The van der Waals surface area contributed by atoms with Crippen LogP contribution in [0.5, 0.6) is 0 Å². The smallest absolute Gasteiger partial charge is 0.337 e. The lowest BCUT2D eigenvalue weighted by Crippen LogP contribution is -2.57. The van der Waals surface area contributed by atoms with Gasteiger partial charge in [-0.15, -0.1) is 0 Å². The maximum absolute atomic E-state index is 13.0. The van der Waals surface area contributed by atoms with Crippen molar-refractivity contribution in [1.82, 2.24) is 9.62 Å². The normalized spacial score (nSPS) is 24.3. The van der Waals surface area contributed by atoms with E-state index < -0.39 is 22.0 Å². The first-order valence-electron chi connectivity index (χ1n) is 7.05. The number of carbonyl (C=O) groups excluding carboxylic acids is 2. The van der Waals surface area contributed by atoms with Crippen molar-refractivity contribution in [2.24, 2.45) is 0 Å². The zero-order chi connectivity index (χ0) is 16.8. The number of nitrogens with zero attached hydrogens (tertiary/aromatic N) is 1. The Balaban J connectivity index is 2.07. The first kappa shape index (κ1) is 16.2. The largest absolute Gasteiger partial charge is 0.465 e. The topological polar surface area (TPSA) is 92.8 Å². The maximum atomic E-state index is 13.0. The highest BCUT2D eigenvalue weighted by Crippen LogP contribution is 2.35. The number of esters is 1. The van der Waals surface area contributed by atoms with Gasteiger partial charge < -0.3 is 10.1 Å². The van der Waals surface area contributed by atoms with Crippen molar-refractivity contribution in [3.05, 3.63) is 28.8 Å². The van der Waals surface area contributed by atoms with Crippen molar-refractivity contribution in [3.63, 3.8) is 0 Å². The summed E-state index contributed by atoms with van der Waals surface area (Å²) in [6.45, 7) is 0.281. The number of hydrogen-bond acceptors (Lipinski definition) is 5. The molecule has 7 nitrogen and oxygen atoms in total. The van der Waals surface area contributed by atoms with E-state index in [0.717, 1.165) is 0 Å². The molecule has 0 spiro atoms. The van der Waals surface area contributed by atoms with Crippen LogP contribution in [0.25, 0.3) is 0 Å². The van der Waals surface area contributed by atoms with Crippen LogP contribution in [0.2, 0.25) is 5.02 Å². The Labute approximate surface area is 138 Å². The van der Waals surface area contributed by atoms with E-state index in [0.29, 0.717) is 12.8 Å². The first-order valence-corrected chi connectivity index (χ1v) is 8.87. The standard InChI is InChI=1S/C14H15ClN2O5S/c1-22-14(19)8-2-4-10(15)12(6-8)23(20,21)17-9-3-5-11(17)13(18)16-7-9/h2,4,6,9,11H,3,5,7H2,1H3,(H,16,18). The quantitative estimate of drug-likeness (QED) is 0.806. The lowest BCUT2D eigenvalue weighted by molar-refractivity contribution is -0.126. The monoisotopic (exact) mass is 358 g/mol. The van der Waals surface area contributed by atoms with Crippen LogP contribution in [0.4, 0.5) is 0 Å². The summed E-state index contributed by atoms with van der Waals surface area (Å²) in [6, 6.07) is 2.91. The predicted molar refractivity (Wildman–Crippen MR) is 81.6 cm³/mol. The van der Waals surface area contributed by atoms with Gasteiger partial charge in [-0.25, -0.2) is 13.2 Å². The summed E-state index contributed by atoms with van der Waals surface area (Å²) >= 11 is 6.04. The number of nitrogens with one attached hydrogen (secondary N) is 1. The minimum Gasteiger partial charge on any atom is -0.465 e. The van der Waals surface area contributed by atoms with Crippen LogP contribution in [0.1, 0.15) is 23.2 Å². The Hall–Kier alpha value is -1.64. The number of methoxy groups -OCH3 is 1. The number of rotatable bonds is 3. The highest BCUT2D eigenvalue weighted by Gasteiger charge is 2.49. The molecule has 3 rings (SSSR count). The van der Waals surface area contributed by atoms with Crippen molar-refractivity contribution in [3.8, 4) is 0 Å². The highest BCUT2D eigenvalue weighted by atomic mass is 35.5.